The van der Waals surface area contributed by atoms with E-state index in [1.54, 1.807) is 47.4 Å². The highest BCUT2D eigenvalue weighted by molar-refractivity contribution is 7.92. The zero-order chi connectivity index (χ0) is 26.3. The van der Waals surface area contributed by atoms with E-state index in [9.17, 15) is 18.0 Å². The second-order valence-corrected chi connectivity index (χ2v) is 12.5. The third-order valence-corrected chi connectivity index (χ3v) is 9.63. The largest absolute Gasteiger partial charge is 0.307 e. The van der Waals surface area contributed by atoms with Gasteiger partial charge in [-0.2, -0.15) is 0 Å². The maximum Gasteiger partial charge on any atom is 0.261 e. The molecule has 6 nitrogen and oxygen atoms in total. The minimum Gasteiger partial charge on any atom is -0.307 e. The van der Waals surface area contributed by atoms with Gasteiger partial charge in [0.05, 0.1) is 15.5 Å². The molecule has 2 heterocycles. The van der Waals surface area contributed by atoms with Crippen LogP contribution < -0.4 is 9.62 Å². The minimum atomic E-state index is -3.72. The van der Waals surface area contributed by atoms with E-state index in [0.29, 0.717) is 36.6 Å². The van der Waals surface area contributed by atoms with Gasteiger partial charge in [0.25, 0.3) is 15.9 Å². The van der Waals surface area contributed by atoms with Crippen LogP contribution in [0.5, 0.6) is 0 Å². The first-order chi connectivity index (χ1) is 18.4. The van der Waals surface area contributed by atoms with Crippen LogP contribution >= 0.6 is 11.3 Å². The van der Waals surface area contributed by atoms with Gasteiger partial charge < -0.3 is 4.90 Å². The maximum atomic E-state index is 13.6. The average molecular weight is 543 g/mol. The molecule has 1 aromatic heterocycles. The van der Waals surface area contributed by atoms with Crippen molar-refractivity contribution in [2.45, 2.75) is 30.6 Å². The van der Waals surface area contributed by atoms with E-state index in [0.717, 1.165) is 39.4 Å². The zero-order valence-corrected chi connectivity index (χ0v) is 22.2. The van der Waals surface area contributed by atoms with Crippen LogP contribution in [0.1, 0.15) is 44.9 Å². The predicted molar refractivity (Wildman–Crippen MR) is 150 cm³/mol. The number of hydrogen-bond donors (Lipinski definition) is 1. The van der Waals surface area contributed by atoms with Crippen molar-refractivity contribution in [1.29, 1.82) is 0 Å². The van der Waals surface area contributed by atoms with Crippen LogP contribution in [0.3, 0.4) is 0 Å². The molecule has 3 aromatic carbocycles. The molecule has 1 fully saturated rings. The summed E-state index contributed by atoms with van der Waals surface area (Å²) in [5.74, 6) is 0.610. The number of hydrogen-bond acceptors (Lipinski definition) is 5. The number of benzene rings is 3. The first-order valence-electron chi connectivity index (χ1n) is 12.6. The number of rotatable bonds is 7. The van der Waals surface area contributed by atoms with Gasteiger partial charge in [-0.25, -0.2) is 8.42 Å². The number of fused-ring (bicyclic) bond motifs is 3. The van der Waals surface area contributed by atoms with E-state index in [-0.39, 0.29) is 16.6 Å². The monoisotopic (exact) mass is 542 g/mol. The molecular formula is C30H26N2O4S2. The number of nitrogens with zero attached hydrogens (tertiary/aromatic N) is 1. The van der Waals surface area contributed by atoms with Crippen molar-refractivity contribution < 1.29 is 18.0 Å². The summed E-state index contributed by atoms with van der Waals surface area (Å²) >= 11 is 1.53. The SMILES string of the molecule is O=C(CC1CC1)c1cc2c(s1)-c1ccccc1N(C(=O)c1ccc(NS(=O)(=O)c3ccccc3)cc1)CC2. The van der Waals surface area contributed by atoms with Crippen molar-refractivity contribution in [3.63, 3.8) is 0 Å². The van der Waals surface area contributed by atoms with Crippen LogP contribution in [-0.2, 0) is 16.4 Å². The smallest absolute Gasteiger partial charge is 0.261 e. The fraction of sp³-hybridized carbons (Fsp3) is 0.200. The molecule has 6 rings (SSSR count). The second-order valence-electron chi connectivity index (χ2n) is 9.76. The quantitative estimate of drug-likeness (QED) is 0.274. The summed E-state index contributed by atoms with van der Waals surface area (Å²) in [6.45, 7) is 0.484. The number of nitrogens with one attached hydrogen (secondary N) is 1. The van der Waals surface area contributed by atoms with E-state index in [2.05, 4.69) is 4.72 Å². The highest BCUT2D eigenvalue weighted by atomic mass is 32.2. The molecule has 0 spiro atoms. The van der Waals surface area contributed by atoms with Crippen LogP contribution in [0.15, 0.2) is 89.8 Å². The number of anilines is 2. The highest BCUT2D eigenvalue weighted by Crippen LogP contribution is 2.43. The number of para-hydroxylation sites is 1. The number of ketones is 1. The maximum absolute atomic E-state index is 13.6. The molecule has 0 radical (unpaired) electrons. The molecule has 2 aliphatic rings. The standard InChI is InChI=1S/C30H26N2O4S2/c33-27(18-20-10-11-20)28-19-22-16-17-32(26-9-5-4-8-25(26)29(22)37-28)30(34)21-12-14-23(15-13-21)31-38(35,36)24-6-2-1-3-7-24/h1-9,12-15,19-20,31H,10-11,16-18H2. The van der Waals surface area contributed by atoms with E-state index in [1.165, 1.54) is 23.5 Å². The van der Waals surface area contributed by atoms with E-state index < -0.39 is 10.0 Å². The van der Waals surface area contributed by atoms with Crippen LogP contribution in [-0.4, -0.2) is 26.7 Å². The Morgan fingerprint density at radius 2 is 1.63 bits per heavy atom. The second kappa shape index (κ2) is 9.85. The Bertz CT molecular complexity index is 1620. The van der Waals surface area contributed by atoms with Gasteiger partial charge in [-0.3, -0.25) is 14.3 Å². The molecule has 0 saturated heterocycles. The molecular weight excluding hydrogens is 516 g/mol. The lowest BCUT2D eigenvalue weighted by atomic mass is 10.1. The summed E-state index contributed by atoms with van der Waals surface area (Å²) in [6.07, 6.45) is 3.58. The first kappa shape index (κ1) is 24.6. The van der Waals surface area contributed by atoms with Crippen LogP contribution in [0.25, 0.3) is 10.4 Å². The number of Topliss-reactive ketones (excluding diaryl/α,β-unsaturated/α-hetero) is 1. The lowest BCUT2D eigenvalue weighted by Crippen LogP contribution is -2.32. The summed E-state index contributed by atoms with van der Waals surface area (Å²) in [4.78, 5) is 30.2. The molecule has 4 aromatic rings. The lowest BCUT2D eigenvalue weighted by molar-refractivity contribution is 0.0974. The fourth-order valence-electron chi connectivity index (χ4n) is 4.78. The number of amides is 1. The summed E-state index contributed by atoms with van der Waals surface area (Å²) in [6, 6.07) is 24.5. The Morgan fingerprint density at radius 1 is 0.921 bits per heavy atom. The van der Waals surface area contributed by atoms with Gasteiger partial charge in [0.1, 0.15) is 0 Å². The van der Waals surface area contributed by atoms with Gasteiger partial charge in [-0.05, 0) is 79.3 Å². The molecule has 1 aliphatic heterocycles. The van der Waals surface area contributed by atoms with Crippen molar-refractivity contribution >= 4 is 44.4 Å². The van der Waals surface area contributed by atoms with Gasteiger partial charge in [-0.1, -0.05) is 36.4 Å². The minimum absolute atomic E-state index is 0.157. The number of thiophene rings is 1. The van der Waals surface area contributed by atoms with Crippen molar-refractivity contribution in [3.8, 4) is 10.4 Å². The number of carbonyl (C=O) groups excluding carboxylic acids is 2. The Kier molecular flexibility index (Phi) is 6.37. The molecule has 0 bridgehead atoms. The predicted octanol–water partition coefficient (Wildman–Crippen LogP) is 6.40. The topological polar surface area (TPSA) is 83.6 Å². The molecule has 1 N–H and O–H groups in total. The average Bonchev–Trinajstić information content (AvgIpc) is 3.67. The van der Waals surface area contributed by atoms with Crippen LogP contribution in [0, 0.1) is 5.92 Å². The van der Waals surface area contributed by atoms with Gasteiger partial charge in [0.2, 0.25) is 0 Å². The van der Waals surface area contributed by atoms with Gasteiger partial charge in [0.15, 0.2) is 5.78 Å². The van der Waals surface area contributed by atoms with E-state index >= 15 is 0 Å². The summed E-state index contributed by atoms with van der Waals surface area (Å²) in [5.41, 5.74) is 3.71. The summed E-state index contributed by atoms with van der Waals surface area (Å²) < 4.78 is 27.8. The molecule has 1 aliphatic carbocycles. The number of sulfonamides is 1. The van der Waals surface area contributed by atoms with E-state index in [4.69, 9.17) is 0 Å². The fourth-order valence-corrected chi connectivity index (χ4v) is 7.05. The normalized spacial score (nSPS) is 14.8. The van der Waals surface area contributed by atoms with Crippen molar-refractivity contribution in [2.75, 3.05) is 16.2 Å². The third-order valence-electron chi connectivity index (χ3n) is 6.98. The van der Waals surface area contributed by atoms with Gasteiger partial charge in [0, 0.05) is 34.7 Å². The number of carbonyl (C=O) groups is 2. The highest BCUT2D eigenvalue weighted by Gasteiger charge is 2.29. The Morgan fingerprint density at radius 3 is 2.37 bits per heavy atom. The summed E-state index contributed by atoms with van der Waals surface area (Å²) in [7, 11) is -3.72. The van der Waals surface area contributed by atoms with Gasteiger partial charge in [-0.15, -0.1) is 11.3 Å². The molecule has 0 atom stereocenters. The Balaban J connectivity index is 1.24. The molecule has 0 unspecified atom stereocenters. The van der Waals surface area contributed by atoms with Crippen LogP contribution in [0.2, 0.25) is 0 Å². The van der Waals surface area contributed by atoms with Crippen LogP contribution in [0.4, 0.5) is 11.4 Å². The van der Waals surface area contributed by atoms with Gasteiger partial charge >= 0.3 is 0 Å². The molecule has 1 amide bonds. The first-order valence-corrected chi connectivity index (χ1v) is 14.9. The van der Waals surface area contributed by atoms with E-state index in [1.807, 2.05) is 30.3 Å². The molecule has 1 saturated carbocycles. The molecule has 192 valence electrons. The van der Waals surface area contributed by atoms with Crippen molar-refractivity contribution in [2.24, 2.45) is 5.92 Å². The molecule has 8 heteroatoms. The Labute approximate surface area is 226 Å². The lowest BCUT2D eigenvalue weighted by Gasteiger charge is -2.23. The Hall–Kier alpha value is -3.75. The van der Waals surface area contributed by atoms with Crippen molar-refractivity contribution in [1.82, 2.24) is 0 Å². The summed E-state index contributed by atoms with van der Waals surface area (Å²) in [5, 5.41) is 0. The van der Waals surface area contributed by atoms with Crippen molar-refractivity contribution in [3.05, 3.63) is 101 Å². The zero-order valence-electron chi connectivity index (χ0n) is 20.6. The third kappa shape index (κ3) is 4.89. The molecule has 38 heavy (non-hydrogen) atoms.